The van der Waals surface area contributed by atoms with Gasteiger partial charge in [-0.05, 0) is 12.4 Å². The van der Waals surface area contributed by atoms with E-state index in [0.29, 0.717) is 0 Å². The van der Waals surface area contributed by atoms with Crippen LogP contribution in [0, 0.1) is 13.0 Å². The molecule has 3 N–H and O–H groups in total. The van der Waals surface area contributed by atoms with Crippen molar-refractivity contribution in [3.8, 4) is 0 Å². The van der Waals surface area contributed by atoms with Crippen molar-refractivity contribution in [1.29, 1.82) is 0 Å². The molecule has 2 rings (SSSR count). The van der Waals surface area contributed by atoms with Crippen LogP contribution in [-0.4, -0.2) is 4.98 Å². The maximum atomic E-state index is 4.17. The number of hydrogen-bond donors (Lipinski definition) is 1. The van der Waals surface area contributed by atoms with Gasteiger partial charge in [-0.25, -0.2) is 12.1 Å². The van der Waals surface area contributed by atoms with Crippen LogP contribution in [-0.2, 0) is 32.7 Å². The van der Waals surface area contributed by atoms with Crippen molar-refractivity contribution in [2.75, 3.05) is 0 Å². The van der Waals surface area contributed by atoms with E-state index < -0.39 is 0 Å². The zero-order valence-corrected chi connectivity index (χ0v) is 12.5. The number of benzene rings is 1. The second-order valence-electron chi connectivity index (χ2n) is 2.63. The number of aryl methyl sites for hydroxylation is 1. The first kappa shape index (κ1) is 17.1. The van der Waals surface area contributed by atoms with Gasteiger partial charge in [-0.1, -0.05) is 37.7 Å². The molecule has 1 aromatic heterocycles. The first-order valence-electron chi connectivity index (χ1n) is 4.59. The Morgan fingerprint density at radius 3 is 2.53 bits per heavy atom. The number of hydrogen-bond acceptors (Lipinski definition) is 2. The summed E-state index contributed by atoms with van der Waals surface area (Å²) in [7, 11) is 0. The molecular weight excluding hydrogens is 261 g/mol. The number of aromatic nitrogens is 1. The summed E-state index contributed by atoms with van der Waals surface area (Å²) in [5.74, 6) is 0. The third-order valence-corrected chi connectivity index (χ3v) is 1.70. The summed E-state index contributed by atoms with van der Waals surface area (Å²) < 4.78 is 0. The zero-order chi connectivity index (χ0) is 9.68. The van der Waals surface area contributed by atoms with Gasteiger partial charge in [0.1, 0.15) is 0 Å². The van der Waals surface area contributed by atoms with Gasteiger partial charge in [0.05, 0.1) is 0 Å². The Morgan fingerprint density at radius 2 is 1.87 bits per heavy atom. The van der Waals surface area contributed by atoms with E-state index in [2.05, 4.69) is 30.1 Å². The Morgan fingerprint density at radius 1 is 1.20 bits per heavy atom. The van der Waals surface area contributed by atoms with Crippen LogP contribution in [0.4, 0.5) is 0 Å². The van der Waals surface area contributed by atoms with Gasteiger partial charge < -0.3 is 6.15 Å². The summed E-state index contributed by atoms with van der Waals surface area (Å²) in [6.07, 6.45) is 1.69. The van der Waals surface area contributed by atoms with Crippen molar-refractivity contribution in [2.45, 2.75) is 20.8 Å². The first-order chi connectivity index (χ1) is 6.36. The minimum Gasteiger partial charge on any atom is -0.344 e. The van der Waals surface area contributed by atoms with Crippen LogP contribution in [0.2, 0.25) is 0 Å². The van der Waals surface area contributed by atoms with Crippen LogP contribution in [0.1, 0.15) is 19.4 Å². The third kappa shape index (κ3) is 4.83. The average Bonchev–Trinajstić information content (AvgIpc) is 2.21. The molecule has 15 heavy (non-hydrogen) atoms. The van der Waals surface area contributed by atoms with Crippen LogP contribution in [0.25, 0.3) is 10.9 Å². The molecule has 0 bridgehead atoms. The first-order valence-corrected chi connectivity index (χ1v) is 4.59. The van der Waals surface area contributed by atoms with Gasteiger partial charge in [0.15, 0.2) is 0 Å². The molecule has 0 fully saturated rings. The van der Waals surface area contributed by atoms with E-state index in [0.717, 1.165) is 10.9 Å². The molecule has 2 aromatic rings. The summed E-state index contributed by atoms with van der Waals surface area (Å²) in [6, 6.07) is 11.1. The quantitative estimate of drug-likeness (QED) is 0.749. The molecule has 0 aliphatic heterocycles. The smallest absolute Gasteiger partial charge is 0 e. The van der Waals surface area contributed by atoms with Crippen molar-refractivity contribution in [3.63, 3.8) is 0 Å². The molecule has 0 spiro atoms. The fraction of sp³-hybridized carbons (Fsp3) is 0.250. The van der Waals surface area contributed by atoms with Gasteiger partial charge in [0.25, 0.3) is 0 Å². The molecule has 1 radical (unpaired) electrons. The van der Waals surface area contributed by atoms with E-state index in [1.807, 2.05) is 26.0 Å². The molecule has 1 heterocycles. The van der Waals surface area contributed by atoms with Crippen molar-refractivity contribution < 1.29 is 32.7 Å². The molecule has 0 saturated heterocycles. The van der Waals surface area contributed by atoms with Gasteiger partial charge in [0, 0.05) is 32.7 Å². The number of pyridine rings is 1. The second kappa shape index (κ2) is 8.96. The molecule has 2 nitrogen and oxygen atoms in total. The number of nitrogens with zero attached hydrogens (tertiary/aromatic N) is 1. The molecular formula is C12H17N2Y-. The second-order valence-corrected chi connectivity index (χ2v) is 2.63. The van der Waals surface area contributed by atoms with Crippen LogP contribution >= 0.6 is 0 Å². The summed E-state index contributed by atoms with van der Waals surface area (Å²) in [4.78, 5) is 4.17. The van der Waals surface area contributed by atoms with Crippen LogP contribution in [0.5, 0.6) is 0 Å². The van der Waals surface area contributed by atoms with Gasteiger partial charge in [-0.3, -0.25) is 4.98 Å². The predicted molar refractivity (Wildman–Crippen MR) is 61.7 cm³/mol. The Bertz CT molecular complexity index is 388. The Balaban J connectivity index is 0. The van der Waals surface area contributed by atoms with E-state index in [1.54, 1.807) is 6.20 Å². The molecule has 0 aliphatic rings. The van der Waals surface area contributed by atoms with Gasteiger partial charge >= 0.3 is 0 Å². The number of rotatable bonds is 0. The molecule has 0 amide bonds. The SMILES string of the molecule is CC.Cc1ccc2nc[c-]cc2c1.N.[Y]. The fourth-order valence-corrected chi connectivity index (χ4v) is 1.14. The summed E-state index contributed by atoms with van der Waals surface area (Å²) >= 11 is 0. The summed E-state index contributed by atoms with van der Waals surface area (Å²) in [6.45, 7) is 6.08. The molecule has 1 aromatic carbocycles. The van der Waals surface area contributed by atoms with Crippen molar-refractivity contribution in [3.05, 3.63) is 42.1 Å². The van der Waals surface area contributed by atoms with Crippen molar-refractivity contribution in [2.24, 2.45) is 0 Å². The standard InChI is InChI=1S/C10H8N.C2H6.H3N.Y/c1-8-4-5-10-9(7-8)3-2-6-11-10;1-2;;/h3-7H,1H3;1-2H3;1H3;/q-1;;;. The zero-order valence-electron chi connectivity index (χ0n) is 9.62. The van der Waals surface area contributed by atoms with Crippen LogP contribution in [0.3, 0.4) is 0 Å². The van der Waals surface area contributed by atoms with Crippen molar-refractivity contribution in [1.82, 2.24) is 11.1 Å². The van der Waals surface area contributed by atoms with Gasteiger partial charge in [-0.15, -0.1) is 11.5 Å². The maximum Gasteiger partial charge on any atom is 0 e. The van der Waals surface area contributed by atoms with Crippen LogP contribution in [0.15, 0.2) is 30.5 Å². The molecule has 0 unspecified atom stereocenters. The van der Waals surface area contributed by atoms with Crippen LogP contribution < -0.4 is 6.15 Å². The van der Waals surface area contributed by atoms with E-state index >= 15 is 0 Å². The molecule has 0 atom stereocenters. The van der Waals surface area contributed by atoms with E-state index in [-0.39, 0.29) is 38.9 Å². The Hall–Kier alpha value is -0.306. The van der Waals surface area contributed by atoms with Crippen molar-refractivity contribution >= 4 is 10.9 Å². The minimum absolute atomic E-state index is 0. The van der Waals surface area contributed by atoms with E-state index in [4.69, 9.17) is 0 Å². The Labute approximate surface area is 117 Å². The third-order valence-electron chi connectivity index (χ3n) is 1.70. The topological polar surface area (TPSA) is 47.9 Å². The van der Waals surface area contributed by atoms with Gasteiger partial charge in [-0.2, -0.15) is 0 Å². The summed E-state index contributed by atoms with van der Waals surface area (Å²) in [5, 5.41) is 1.16. The normalized spacial score (nSPS) is 7.93. The van der Waals surface area contributed by atoms with Gasteiger partial charge in [0.2, 0.25) is 0 Å². The maximum absolute atomic E-state index is 4.17. The van der Waals surface area contributed by atoms with E-state index in [9.17, 15) is 0 Å². The monoisotopic (exact) mass is 278 g/mol. The molecule has 0 aliphatic carbocycles. The number of fused-ring (bicyclic) bond motifs is 1. The fourth-order valence-electron chi connectivity index (χ4n) is 1.14. The molecule has 3 heteroatoms. The molecule has 0 saturated carbocycles. The van der Waals surface area contributed by atoms with E-state index in [1.165, 1.54) is 5.56 Å². The largest absolute Gasteiger partial charge is 0.344 e. The summed E-state index contributed by atoms with van der Waals surface area (Å²) in [5.41, 5.74) is 2.30. The average molecular weight is 278 g/mol. The minimum atomic E-state index is 0. The Kier molecular flexibility index (Phi) is 10.2. The predicted octanol–water partition coefficient (Wildman–Crippen LogP) is 3.53. The molecule has 79 valence electrons.